The van der Waals surface area contributed by atoms with Crippen molar-refractivity contribution in [2.24, 2.45) is 46.3 Å². The molecule has 2 N–H and O–H groups in total. The molecule has 4 aliphatic rings. The lowest BCUT2D eigenvalue weighted by Gasteiger charge is -2.58. The highest BCUT2D eigenvalue weighted by molar-refractivity contribution is 5.43. The molecule has 0 aliphatic heterocycles. The van der Waals surface area contributed by atoms with E-state index in [-0.39, 0.29) is 0 Å². The number of nitrogens with one attached hydrogen (secondary N) is 2. The van der Waals surface area contributed by atoms with E-state index in [1.54, 1.807) is 0 Å². The van der Waals surface area contributed by atoms with Crippen LogP contribution in [0.2, 0.25) is 0 Å². The molecule has 42 heavy (non-hydrogen) atoms. The number of hydrogen-bond donors (Lipinski definition) is 2. The molecule has 0 aromatic carbocycles. The number of nitrogens with zero attached hydrogens (tertiary/aromatic N) is 1. The average molecular weight is 576 g/mol. The Morgan fingerprint density at radius 3 is 2.60 bits per heavy atom. The number of anilines is 1. The molecule has 0 spiro atoms. The first-order valence-corrected chi connectivity index (χ1v) is 18.4. The zero-order valence-electron chi connectivity index (χ0n) is 28.3. The van der Waals surface area contributed by atoms with Gasteiger partial charge in [0.25, 0.3) is 0 Å². The molecule has 0 amide bonds. The summed E-state index contributed by atoms with van der Waals surface area (Å²) >= 11 is 0. The van der Waals surface area contributed by atoms with Gasteiger partial charge in [-0.25, -0.2) is 0 Å². The fraction of sp³-hybridized carbons (Fsp3) is 0.821. The predicted molar refractivity (Wildman–Crippen MR) is 181 cm³/mol. The first-order valence-electron chi connectivity index (χ1n) is 18.4. The van der Waals surface area contributed by atoms with Gasteiger partial charge >= 0.3 is 0 Å². The lowest BCUT2D eigenvalue weighted by Crippen LogP contribution is -2.51. The van der Waals surface area contributed by atoms with E-state index in [2.05, 4.69) is 75.4 Å². The number of hydrogen-bond acceptors (Lipinski definition) is 3. The molecule has 1 aromatic rings. The molecule has 8 atom stereocenters. The van der Waals surface area contributed by atoms with Gasteiger partial charge < -0.3 is 10.6 Å². The van der Waals surface area contributed by atoms with Crippen LogP contribution in [0.15, 0.2) is 30.0 Å². The Labute approximate surface area is 259 Å². The zero-order chi connectivity index (χ0) is 29.7. The Hall–Kier alpha value is -1.35. The highest BCUT2D eigenvalue weighted by Crippen LogP contribution is 2.67. The summed E-state index contributed by atoms with van der Waals surface area (Å²) in [4.78, 5) is 4.48. The maximum atomic E-state index is 4.48. The minimum absolute atomic E-state index is 0.467. The van der Waals surface area contributed by atoms with E-state index >= 15 is 0 Å². The monoisotopic (exact) mass is 576 g/mol. The highest BCUT2D eigenvalue weighted by atomic mass is 14.9. The molecule has 236 valence electrons. The smallest absolute Gasteiger partial charge is 0.0424 e. The number of aromatic nitrogens is 1. The number of aryl methyl sites for hydroxylation is 1. The van der Waals surface area contributed by atoms with Gasteiger partial charge in [-0.15, -0.1) is 0 Å². The summed E-state index contributed by atoms with van der Waals surface area (Å²) in [6, 6.07) is 5.00. The van der Waals surface area contributed by atoms with E-state index in [4.69, 9.17) is 0 Å². The summed E-state index contributed by atoms with van der Waals surface area (Å²) in [5, 5.41) is 7.59. The Bertz CT molecular complexity index is 1030. The summed E-state index contributed by atoms with van der Waals surface area (Å²) in [5.74, 6) is 5.58. The third kappa shape index (κ3) is 6.97. The Kier molecular flexibility index (Phi) is 10.8. The van der Waals surface area contributed by atoms with Gasteiger partial charge in [0.1, 0.15) is 0 Å². The van der Waals surface area contributed by atoms with Crippen molar-refractivity contribution < 1.29 is 0 Å². The maximum Gasteiger partial charge on any atom is 0.0424 e. The number of pyridine rings is 1. The number of allylic oxidation sites excluding steroid dienone is 1. The largest absolute Gasteiger partial charge is 0.385 e. The normalized spacial score (nSPS) is 34.8. The van der Waals surface area contributed by atoms with Gasteiger partial charge in [-0.05, 0) is 136 Å². The average Bonchev–Trinajstić information content (AvgIpc) is 3.32. The molecule has 3 heteroatoms. The van der Waals surface area contributed by atoms with E-state index in [0.29, 0.717) is 16.9 Å². The van der Waals surface area contributed by atoms with Crippen LogP contribution in [0.25, 0.3) is 0 Å². The Morgan fingerprint density at radius 2 is 1.79 bits per heavy atom. The van der Waals surface area contributed by atoms with Crippen LogP contribution in [0.4, 0.5) is 5.69 Å². The van der Waals surface area contributed by atoms with Crippen LogP contribution in [-0.4, -0.2) is 24.1 Å². The van der Waals surface area contributed by atoms with Crippen molar-refractivity contribution in [1.82, 2.24) is 10.3 Å². The second-order valence-corrected chi connectivity index (χ2v) is 16.1. The van der Waals surface area contributed by atoms with E-state index in [0.717, 1.165) is 61.4 Å². The van der Waals surface area contributed by atoms with Crippen molar-refractivity contribution in [3.63, 3.8) is 0 Å². The van der Waals surface area contributed by atoms with Crippen LogP contribution < -0.4 is 10.6 Å². The van der Waals surface area contributed by atoms with Crippen molar-refractivity contribution in [1.29, 1.82) is 0 Å². The number of fused-ring (bicyclic) bond motifs is 5. The third-order valence-electron chi connectivity index (χ3n) is 13.0. The zero-order valence-corrected chi connectivity index (χ0v) is 28.3. The second-order valence-electron chi connectivity index (χ2n) is 16.1. The molecule has 3 nitrogen and oxygen atoms in total. The molecule has 0 unspecified atom stereocenters. The summed E-state index contributed by atoms with van der Waals surface area (Å²) in [5.41, 5.74) is 5.32. The van der Waals surface area contributed by atoms with Gasteiger partial charge in [0.2, 0.25) is 0 Å². The van der Waals surface area contributed by atoms with E-state index < -0.39 is 0 Å². The summed E-state index contributed by atoms with van der Waals surface area (Å²) < 4.78 is 0. The summed E-state index contributed by atoms with van der Waals surface area (Å²) in [6.45, 7) is 17.2. The molecule has 5 rings (SSSR count). The first kappa shape index (κ1) is 32.1. The minimum atomic E-state index is 0.467. The predicted octanol–water partition coefficient (Wildman–Crippen LogP) is 10.2. The van der Waals surface area contributed by atoms with Crippen molar-refractivity contribution in [3.8, 4) is 0 Å². The van der Waals surface area contributed by atoms with Gasteiger partial charge in [0, 0.05) is 30.2 Å². The molecule has 0 radical (unpaired) electrons. The lowest BCUT2D eigenvalue weighted by atomic mass is 9.47. The van der Waals surface area contributed by atoms with E-state index in [9.17, 15) is 0 Å². The first-order chi connectivity index (χ1) is 20.2. The quantitative estimate of drug-likeness (QED) is 0.171. The molecule has 3 saturated carbocycles. The van der Waals surface area contributed by atoms with Crippen LogP contribution in [0.1, 0.15) is 137 Å². The van der Waals surface area contributed by atoms with Crippen LogP contribution in [0, 0.1) is 46.3 Å². The van der Waals surface area contributed by atoms with Gasteiger partial charge in [-0.3, -0.25) is 4.98 Å². The number of rotatable bonds is 14. The maximum absolute atomic E-state index is 4.48. The fourth-order valence-corrected chi connectivity index (χ4v) is 10.6. The molecule has 3 fully saturated rings. The lowest BCUT2D eigenvalue weighted by molar-refractivity contribution is -0.0514. The van der Waals surface area contributed by atoms with Gasteiger partial charge in [0.15, 0.2) is 0 Å². The molecular weight excluding hydrogens is 510 g/mol. The van der Waals surface area contributed by atoms with Crippen molar-refractivity contribution in [2.75, 3.05) is 18.4 Å². The Balaban J connectivity index is 1.08. The van der Waals surface area contributed by atoms with Gasteiger partial charge in [-0.1, -0.05) is 78.9 Å². The summed E-state index contributed by atoms with van der Waals surface area (Å²) in [6.07, 6.45) is 25.1. The van der Waals surface area contributed by atoms with Gasteiger partial charge in [-0.2, -0.15) is 0 Å². The van der Waals surface area contributed by atoms with Crippen LogP contribution in [0.3, 0.4) is 0 Å². The fourth-order valence-electron chi connectivity index (χ4n) is 10.6. The van der Waals surface area contributed by atoms with Crippen molar-refractivity contribution >= 4 is 5.69 Å². The Morgan fingerprint density at radius 1 is 0.952 bits per heavy atom. The summed E-state index contributed by atoms with van der Waals surface area (Å²) in [7, 11) is 0. The molecule has 1 heterocycles. The highest BCUT2D eigenvalue weighted by Gasteiger charge is 2.59. The van der Waals surface area contributed by atoms with Crippen molar-refractivity contribution in [2.45, 2.75) is 144 Å². The molecule has 0 bridgehead atoms. The topological polar surface area (TPSA) is 37.0 Å². The van der Waals surface area contributed by atoms with E-state index in [1.807, 2.05) is 11.8 Å². The molecule has 1 aromatic heterocycles. The minimum Gasteiger partial charge on any atom is -0.385 e. The van der Waals surface area contributed by atoms with Crippen LogP contribution in [-0.2, 0) is 6.42 Å². The van der Waals surface area contributed by atoms with Crippen molar-refractivity contribution in [3.05, 3.63) is 35.7 Å². The number of unbranched alkanes of at least 4 members (excludes halogenated alkanes) is 1. The molecule has 0 saturated heterocycles. The van der Waals surface area contributed by atoms with Crippen LogP contribution in [0.5, 0.6) is 0 Å². The molecular formula is C39H65N3. The third-order valence-corrected chi connectivity index (χ3v) is 13.0. The van der Waals surface area contributed by atoms with Crippen LogP contribution >= 0.6 is 0 Å². The SMILES string of the molecule is CCCc1cc(NCCCCN[C@@H]2CC[C@@]3(C)C(=CC[C@H]4[C@@H]5CC[C@H]([C@H](C)CCCC(C)C)[C@@]5(C)CC[C@@H]43)C2)ccn1. The van der Waals surface area contributed by atoms with Gasteiger partial charge in [0.05, 0.1) is 0 Å². The standard InChI is InChI=1S/C39H65N3/c1-7-11-31-27-33(20-25-42-31)41-24-9-8-23-40-32-18-21-38(5)30(26-32)14-15-34-36-17-16-35(29(4)13-10-12-28(2)3)39(36,6)22-19-37(34)38/h14,20,25,27-29,32,34-37,40H,7-13,15-19,21-24,26H2,1-6H3,(H,41,42)/t29-,32-,34+,35-,36+,37+,38+,39-/m1/s1. The molecule has 4 aliphatic carbocycles. The van der Waals surface area contributed by atoms with E-state index in [1.165, 1.54) is 94.9 Å². The second kappa shape index (κ2) is 14.2.